The summed E-state index contributed by atoms with van der Waals surface area (Å²) in [5.41, 5.74) is 2.11. The van der Waals surface area contributed by atoms with Gasteiger partial charge in [0.15, 0.2) is 0 Å². The van der Waals surface area contributed by atoms with E-state index in [9.17, 15) is 9.59 Å². The van der Waals surface area contributed by atoms with Gasteiger partial charge in [0, 0.05) is 18.8 Å². The van der Waals surface area contributed by atoms with E-state index in [1.165, 1.54) is 11.8 Å². The molecule has 90 valence electrons. The van der Waals surface area contributed by atoms with Crippen LogP contribution in [0.3, 0.4) is 0 Å². The van der Waals surface area contributed by atoms with Gasteiger partial charge in [-0.05, 0) is 18.6 Å². The maximum Gasteiger partial charge on any atom is 0.224 e. The minimum Gasteiger partial charge on any atom is -0.331 e. The first-order valence-corrected chi connectivity index (χ1v) is 5.13. The Hall–Kier alpha value is -2.17. The molecule has 2 amide bonds. The average molecular weight is 233 g/mol. The number of amides is 2. The van der Waals surface area contributed by atoms with Gasteiger partial charge in [0.1, 0.15) is 0 Å². The molecule has 0 saturated heterocycles. The van der Waals surface area contributed by atoms with Crippen LogP contribution in [0.2, 0.25) is 0 Å². The smallest absolute Gasteiger partial charge is 0.224 e. The van der Waals surface area contributed by atoms with E-state index in [4.69, 9.17) is 0 Å². The van der Waals surface area contributed by atoms with Crippen LogP contribution in [0.25, 0.3) is 0 Å². The standard InChI is InChI=1S/C12H15N3O2/c1-9-4-5-13-6-12(9)15(11(3)17)7-10(2)14-8-16/h4-6,8H,2,7H2,1,3H3,(H,14,16). The fourth-order valence-electron chi connectivity index (χ4n) is 1.42. The van der Waals surface area contributed by atoms with E-state index in [1.807, 2.05) is 13.0 Å². The Morgan fingerprint density at radius 3 is 2.88 bits per heavy atom. The normalized spacial score (nSPS) is 9.53. The maximum absolute atomic E-state index is 11.6. The van der Waals surface area contributed by atoms with Crippen molar-refractivity contribution in [3.63, 3.8) is 0 Å². The van der Waals surface area contributed by atoms with Gasteiger partial charge < -0.3 is 10.2 Å². The molecule has 1 rings (SSSR count). The molecule has 1 aromatic rings. The van der Waals surface area contributed by atoms with Gasteiger partial charge in [0.2, 0.25) is 12.3 Å². The second-order valence-electron chi connectivity index (χ2n) is 3.63. The molecule has 1 aromatic heterocycles. The van der Waals surface area contributed by atoms with E-state index in [0.29, 0.717) is 17.8 Å². The van der Waals surface area contributed by atoms with Crippen LogP contribution in [-0.4, -0.2) is 23.8 Å². The summed E-state index contributed by atoms with van der Waals surface area (Å²) in [4.78, 5) is 27.4. The minimum absolute atomic E-state index is 0.130. The van der Waals surface area contributed by atoms with Crippen molar-refractivity contribution in [2.45, 2.75) is 13.8 Å². The lowest BCUT2D eigenvalue weighted by Gasteiger charge is -2.23. The number of pyridine rings is 1. The average Bonchev–Trinajstić information content (AvgIpc) is 2.27. The number of anilines is 1. The number of aromatic nitrogens is 1. The first-order valence-electron chi connectivity index (χ1n) is 5.13. The minimum atomic E-state index is -0.130. The van der Waals surface area contributed by atoms with Gasteiger partial charge >= 0.3 is 0 Å². The SMILES string of the molecule is C=C(CN(C(C)=O)c1cnccc1C)NC=O. The Labute approximate surface area is 100 Å². The molecule has 0 spiro atoms. The molecule has 0 unspecified atom stereocenters. The van der Waals surface area contributed by atoms with Gasteiger partial charge in [-0.2, -0.15) is 0 Å². The summed E-state index contributed by atoms with van der Waals surface area (Å²) in [6.45, 7) is 7.25. The third-order valence-electron chi connectivity index (χ3n) is 2.29. The third kappa shape index (κ3) is 3.41. The molecule has 0 bridgehead atoms. The Kier molecular flexibility index (Phi) is 4.39. The Morgan fingerprint density at radius 2 is 2.35 bits per heavy atom. The number of carbonyl (C=O) groups excluding carboxylic acids is 2. The van der Waals surface area contributed by atoms with E-state index in [2.05, 4.69) is 16.9 Å². The summed E-state index contributed by atoms with van der Waals surface area (Å²) in [7, 11) is 0. The lowest BCUT2D eigenvalue weighted by atomic mass is 10.2. The number of carbonyl (C=O) groups is 2. The van der Waals surface area contributed by atoms with Crippen LogP contribution in [0.1, 0.15) is 12.5 Å². The predicted octanol–water partition coefficient (Wildman–Crippen LogP) is 1.00. The maximum atomic E-state index is 11.6. The van der Waals surface area contributed by atoms with Gasteiger partial charge in [0.05, 0.1) is 18.4 Å². The van der Waals surface area contributed by atoms with Crippen LogP contribution < -0.4 is 10.2 Å². The summed E-state index contributed by atoms with van der Waals surface area (Å²) in [6, 6.07) is 1.82. The molecular weight excluding hydrogens is 218 g/mol. The van der Waals surface area contributed by atoms with Crippen molar-refractivity contribution in [3.8, 4) is 0 Å². The number of aryl methyl sites for hydroxylation is 1. The van der Waals surface area contributed by atoms with Crippen LogP contribution in [0, 0.1) is 6.92 Å². The Morgan fingerprint density at radius 1 is 1.65 bits per heavy atom. The highest BCUT2D eigenvalue weighted by molar-refractivity contribution is 5.92. The van der Waals surface area contributed by atoms with Crippen LogP contribution in [-0.2, 0) is 9.59 Å². The fraction of sp³-hybridized carbons (Fsp3) is 0.250. The van der Waals surface area contributed by atoms with Crippen molar-refractivity contribution in [1.82, 2.24) is 10.3 Å². The van der Waals surface area contributed by atoms with Gasteiger partial charge in [-0.15, -0.1) is 0 Å². The fourth-order valence-corrected chi connectivity index (χ4v) is 1.42. The molecule has 1 heterocycles. The molecule has 0 aromatic carbocycles. The summed E-state index contributed by atoms with van der Waals surface area (Å²) in [6.07, 6.45) is 3.82. The van der Waals surface area contributed by atoms with Gasteiger partial charge in [0.25, 0.3) is 0 Å². The number of nitrogens with zero attached hydrogens (tertiary/aromatic N) is 2. The Balaban J connectivity index is 2.94. The molecule has 0 saturated carbocycles. The largest absolute Gasteiger partial charge is 0.331 e. The van der Waals surface area contributed by atoms with E-state index < -0.39 is 0 Å². The summed E-state index contributed by atoms with van der Waals surface area (Å²) in [5, 5.41) is 2.43. The van der Waals surface area contributed by atoms with Crippen LogP contribution in [0.5, 0.6) is 0 Å². The molecular formula is C12H15N3O2. The molecule has 0 aliphatic rings. The molecule has 5 heteroatoms. The van der Waals surface area contributed by atoms with Crippen LogP contribution in [0.4, 0.5) is 5.69 Å². The van der Waals surface area contributed by atoms with Crippen molar-refractivity contribution in [3.05, 3.63) is 36.3 Å². The van der Waals surface area contributed by atoms with Crippen molar-refractivity contribution in [2.24, 2.45) is 0 Å². The zero-order valence-corrected chi connectivity index (χ0v) is 9.93. The first kappa shape index (κ1) is 12.9. The second kappa shape index (κ2) is 5.79. The molecule has 0 radical (unpaired) electrons. The molecule has 0 aliphatic carbocycles. The van der Waals surface area contributed by atoms with E-state index >= 15 is 0 Å². The van der Waals surface area contributed by atoms with Crippen molar-refractivity contribution in [1.29, 1.82) is 0 Å². The van der Waals surface area contributed by atoms with E-state index in [1.54, 1.807) is 12.4 Å². The van der Waals surface area contributed by atoms with Crippen molar-refractivity contribution < 1.29 is 9.59 Å². The molecule has 17 heavy (non-hydrogen) atoms. The van der Waals surface area contributed by atoms with Crippen LogP contribution >= 0.6 is 0 Å². The Bertz CT molecular complexity index is 443. The summed E-state index contributed by atoms with van der Waals surface area (Å²) in [5.74, 6) is -0.130. The number of rotatable bonds is 5. The molecule has 0 aliphatic heterocycles. The molecule has 5 nitrogen and oxygen atoms in total. The summed E-state index contributed by atoms with van der Waals surface area (Å²) < 4.78 is 0. The van der Waals surface area contributed by atoms with Gasteiger partial charge in [-0.25, -0.2) is 0 Å². The lowest BCUT2D eigenvalue weighted by Crippen LogP contribution is -2.34. The summed E-state index contributed by atoms with van der Waals surface area (Å²) >= 11 is 0. The van der Waals surface area contributed by atoms with E-state index in [0.717, 1.165) is 5.56 Å². The molecule has 1 N–H and O–H groups in total. The van der Waals surface area contributed by atoms with E-state index in [-0.39, 0.29) is 12.5 Å². The highest BCUT2D eigenvalue weighted by Gasteiger charge is 2.14. The zero-order valence-electron chi connectivity index (χ0n) is 9.93. The van der Waals surface area contributed by atoms with Crippen molar-refractivity contribution >= 4 is 18.0 Å². The van der Waals surface area contributed by atoms with Crippen molar-refractivity contribution in [2.75, 3.05) is 11.4 Å². The van der Waals surface area contributed by atoms with Crippen LogP contribution in [0.15, 0.2) is 30.7 Å². The van der Waals surface area contributed by atoms with Gasteiger partial charge in [-0.3, -0.25) is 14.6 Å². The van der Waals surface area contributed by atoms with Gasteiger partial charge in [-0.1, -0.05) is 6.58 Å². The number of hydrogen-bond donors (Lipinski definition) is 1. The topological polar surface area (TPSA) is 62.3 Å². The highest BCUT2D eigenvalue weighted by Crippen LogP contribution is 2.18. The highest BCUT2D eigenvalue weighted by atomic mass is 16.2. The molecule has 0 fully saturated rings. The zero-order chi connectivity index (χ0) is 12.8. The second-order valence-corrected chi connectivity index (χ2v) is 3.63. The lowest BCUT2D eigenvalue weighted by molar-refractivity contribution is -0.116. The third-order valence-corrected chi connectivity index (χ3v) is 2.29. The first-order chi connectivity index (χ1) is 8.06. The molecule has 0 atom stereocenters. The number of hydrogen-bond acceptors (Lipinski definition) is 3. The monoisotopic (exact) mass is 233 g/mol. The number of nitrogens with one attached hydrogen (secondary N) is 1. The predicted molar refractivity (Wildman–Crippen MR) is 65.3 cm³/mol. The quantitative estimate of drug-likeness (QED) is 0.772.